The molecule has 0 spiro atoms. The standard InChI is InChI=1S/C13H15N3O2/c1-2-8-16(11-5-3-10(14)4-6-11)13(17)12-7-9-18-15-12/h3-7,9H,2,8,14H2,1H3. The van der Waals surface area contributed by atoms with Gasteiger partial charge in [-0.05, 0) is 30.7 Å². The fourth-order valence-corrected chi connectivity index (χ4v) is 1.69. The molecule has 0 saturated heterocycles. The number of amides is 1. The van der Waals surface area contributed by atoms with E-state index < -0.39 is 0 Å². The van der Waals surface area contributed by atoms with Crippen molar-refractivity contribution in [2.75, 3.05) is 17.2 Å². The van der Waals surface area contributed by atoms with Gasteiger partial charge in [-0.1, -0.05) is 12.1 Å². The quantitative estimate of drug-likeness (QED) is 0.839. The molecular weight excluding hydrogens is 230 g/mol. The molecule has 0 unspecified atom stereocenters. The van der Waals surface area contributed by atoms with Gasteiger partial charge in [-0.25, -0.2) is 0 Å². The van der Waals surface area contributed by atoms with Gasteiger partial charge in [0.25, 0.3) is 5.91 Å². The Hall–Kier alpha value is -2.30. The highest BCUT2D eigenvalue weighted by molar-refractivity contribution is 6.04. The summed E-state index contributed by atoms with van der Waals surface area (Å²) in [7, 11) is 0. The Labute approximate surface area is 105 Å². The predicted molar refractivity (Wildman–Crippen MR) is 69.3 cm³/mol. The molecule has 0 radical (unpaired) electrons. The minimum atomic E-state index is -0.171. The van der Waals surface area contributed by atoms with Gasteiger partial charge >= 0.3 is 0 Å². The van der Waals surface area contributed by atoms with Crippen LogP contribution in [-0.4, -0.2) is 17.6 Å². The summed E-state index contributed by atoms with van der Waals surface area (Å²) in [5, 5.41) is 3.67. The number of hydrogen-bond donors (Lipinski definition) is 1. The Morgan fingerprint density at radius 1 is 1.33 bits per heavy atom. The van der Waals surface area contributed by atoms with E-state index in [0.29, 0.717) is 17.9 Å². The number of benzene rings is 1. The molecule has 0 aliphatic carbocycles. The van der Waals surface area contributed by atoms with E-state index in [1.165, 1.54) is 6.26 Å². The minimum absolute atomic E-state index is 0.171. The zero-order valence-electron chi connectivity index (χ0n) is 10.2. The second kappa shape index (κ2) is 5.35. The molecule has 0 aliphatic rings. The summed E-state index contributed by atoms with van der Waals surface area (Å²) in [4.78, 5) is 13.9. The van der Waals surface area contributed by atoms with E-state index in [2.05, 4.69) is 5.16 Å². The lowest BCUT2D eigenvalue weighted by atomic mass is 10.2. The highest BCUT2D eigenvalue weighted by Crippen LogP contribution is 2.18. The monoisotopic (exact) mass is 245 g/mol. The van der Waals surface area contributed by atoms with Gasteiger partial charge in [-0.15, -0.1) is 0 Å². The van der Waals surface area contributed by atoms with Gasteiger partial charge in [0, 0.05) is 24.0 Å². The molecule has 0 saturated carbocycles. The average molecular weight is 245 g/mol. The van der Waals surface area contributed by atoms with E-state index >= 15 is 0 Å². The van der Waals surface area contributed by atoms with Crippen LogP contribution in [0.15, 0.2) is 41.1 Å². The maximum atomic E-state index is 12.3. The van der Waals surface area contributed by atoms with Gasteiger partial charge in [0.15, 0.2) is 5.69 Å². The third-order valence-electron chi connectivity index (χ3n) is 2.55. The maximum absolute atomic E-state index is 12.3. The fourth-order valence-electron chi connectivity index (χ4n) is 1.69. The SMILES string of the molecule is CCCN(C(=O)c1ccon1)c1ccc(N)cc1. The topological polar surface area (TPSA) is 72.4 Å². The Morgan fingerprint density at radius 3 is 2.61 bits per heavy atom. The lowest BCUT2D eigenvalue weighted by Crippen LogP contribution is -2.31. The molecule has 94 valence electrons. The molecule has 1 amide bonds. The highest BCUT2D eigenvalue weighted by atomic mass is 16.5. The highest BCUT2D eigenvalue weighted by Gasteiger charge is 2.19. The van der Waals surface area contributed by atoms with Crippen LogP contribution in [0.1, 0.15) is 23.8 Å². The molecule has 18 heavy (non-hydrogen) atoms. The molecule has 1 aromatic heterocycles. The van der Waals surface area contributed by atoms with Gasteiger partial charge in [-0.2, -0.15) is 0 Å². The van der Waals surface area contributed by atoms with Crippen LogP contribution in [-0.2, 0) is 0 Å². The van der Waals surface area contributed by atoms with Gasteiger partial charge in [-0.3, -0.25) is 4.79 Å². The van der Waals surface area contributed by atoms with Crippen LogP contribution >= 0.6 is 0 Å². The van der Waals surface area contributed by atoms with Crippen molar-refractivity contribution in [3.8, 4) is 0 Å². The number of nitrogens with zero attached hydrogens (tertiary/aromatic N) is 2. The first-order valence-corrected chi connectivity index (χ1v) is 5.80. The second-order valence-electron chi connectivity index (χ2n) is 3.93. The van der Waals surface area contributed by atoms with Gasteiger partial charge in [0.05, 0.1) is 0 Å². The number of rotatable bonds is 4. The normalized spacial score (nSPS) is 10.3. The molecule has 1 aromatic carbocycles. The van der Waals surface area contributed by atoms with Crippen LogP contribution in [0.3, 0.4) is 0 Å². The summed E-state index contributed by atoms with van der Waals surface area (Å²) < 4.78 is 4.70. The summed E-state index contributed by atoms with van der Waals surface area (Å²) in [6.45, 7) is 2.63. The third kappa shape index (κ3) is 2.51. The maximum Gasteiger partial charge on any atom is 0.280 e. The van der Waals surface area contributed by atoms with Gasteiger partial charge < -0.3 is 15.2 Å². The first-order chi connectivity index (χ1) is 8.72. The van der Waals surface area contributed by atoms with Crippen molar-refractivity contribution < 1.29 is 9.32 Å². The smallest absolute Gasteiger partial charge is 0.280 e. The first-order valence-electron chi connectivity index (χ1n) is 5.80. The van der Waals surface area contributed by atoms with Crippen LogP contribution in [0, 0.1) is 0 Å². The lowest BCUT2D eigenvalue weighted by Gasteiger charge is -2.21. The van der Waals surface area contributed by atoms with Crippen molar-refractivity contribution >= 4 is 17.3 Å². The van der Waals surface area contributed by atoms with E-state index in [1.54, 1.807) is 23.1 Å². The molecule has 1 heterocycles. The number of carbonyl (C=O) groups is 1. The van der Waals surface area contributed by atoms with Crippen LogP contribution in [0.5, 0.6) is 0 Å². The number of anilines is 2. The molecule has 0 aliphatic heterocycles. The number of aromatic nitrogens is 1. The Balaban J connectivity index is 2.28. The molecule has 2 rings (SSSR count). The second-order valence-corrected chi connectivity index (χ2v) is 3.93. The molecule has 0 bridgehead atoms. The number of nitrogen functional groups attached to an aromatic ring is 1. The Bertz CT molecular complexity index is 506. The van der Waals surface area contributed by atoms with Crippen molar-refractivity contribution in [2.24, 2.45) is 0 Å². The number of carbonyl (C=O) groups excluding carboxylic acids is 1. The number of hydrogen-bond acceptors (Lipinski definition) is 4. The Morgan fingerprint density at radius 2 is 2.06 bits per heavy atom. The van der Waals surface area contributed by atoms with Crippen LogP contribution in [0.25, 0.3) is 0 Å². The van der Waals surface area contributed by atoms with Crippen molar-refractivity contribution in [2.45, 2.75) is 13.3 Å². The summed E-state index contributed by atoms with van der Waals surface area (Å²) in [5.74, 6) is -0.171. The van der Waals surface area contributed by atoms with Crippen molar-refractivity contribution in [3.63, 3.8) is 0 Å². The van der Waals surface area contributed by atoms with E-state index in [1.807, 2.05) is 19.1 Å². The summed E-state index contributed by atoms with van der Waals surface area (Å²) in [6, 6.07) is 8.75. The van der Waals surface area contributed by atoms with Crippen molar-refractivity contribution in [1.82, 2.24) is 5.16 Å². The average Bonchev–Trinajstić information content (AvgIpc) is 2.90. The van der Waals surface area contributed by atoms with Crippen LogP contribution < -0.4 is 10.6 Å². The van der Waals surface area contributed by atoms with Crippen molar-refractivity contribution in [1.29, 1.82) is 0 Å². The van der Waals surface area contributed by atoms with E-state index in [9.17, 15) is 4.79 Å². The first kappa shape index (κ1) is 12.2. The molecule has 0 atom stereocenters. The lowest BCUT2D eigenvalue weighted by molar-refractivity contribution is 0.0978. The number of nitrogens with two attached hydrogens (primary N) is 1. The van der Waals surface area contributed by atoms with Gasteiger partial charge in [0.2, 0.25) is 0 Å². The van der Waals surface area contributed by atoms with E-state index in [-0.39, 0.29) is 5.91 Å². The minimum Gasteiger partial charge on any atom is -0.399 e. The molecule has 2 aromatic rings. The van der Waals surface area contributed by atoms with E-state index in [0.717, 1.165) is 12.1 Å². The molecular formula is C13H15N3O2. The fraction of sp³-hybridized carbons (Fsp3) is 0.231. The Kier molecular flexibility index (Phi) is 3.62. The van der Waals surface area contributed by atoms with Crippen LogP contribution in [0.4, 0.5) is 11.4 Å². The molecule has 5 heteroatoms. The molecule has 0 fully saturated rings. The third-order valence-corrected chi connectivity index (χ3v) is 2.55. The summed E-state index contributed by atoms with van der Waals surface area (Å²) in [6.07, 6.45) is 2.24. The van der Waals surface area contributed by atoms with Crippen LogP contribution in [0.2, 0.25) is 0 Å². The van der Waals surface area contributed by atoms with E-state index in [4.69, 9.17) is 10.3 Å². The summed E-state index contributed by atoms with van der Waals surface area (Å²) in [5.41, 5.74) is 7.42. The van der Waals surface area contributed by atoms with Crippen molar-refractivity contribution in [3.05, 3.63) is 42.3 Å². The van der Waals surface area contributed by atoms with Gasteiger partial charge in [0.1, 0.15) is 6.26 Å². The zero-order valence-corrected chi connectivity index (χ0v) is 10.2. The molecule has 2 N–H and O–H groups in total. The predicted octanol–water partition coefficient (Wildman–Crippen LogP) is 2.31. The molecule has 5 nitrogen and oxygen atoms in total. The summed E-state index contributed by atoms with van der Waals surface area (Å²) >= 11 is 0. The zero-order chi connectivity index (χ0) is 13.0. The largest absolute Gasteiger partial charge is 0.399 e.